The first-order valence-corrected chi connectivity index (χ1v) is 6.20. The summed E-state index contributed by atoms with van der Waals surface area (Å²) < 4.78 is 5.15. The lowest BCUT2D eigenvalue weighted by molar-refractivity contribution is 0.366. The summed E-state index contributed by atoms with van der Waals surface area (Å²) in [7, 11) is 0. The zero-order valence-electron chi connectivity index (χ0n) is 11.2. The van der Waals surface area contributed by atoms with Crippen LogP contribution in [0.2, 0.25) is 0 Å². The van der Waals surface area contributed by atoms with Crippen molar-refractivity contribution in [3.63, 3.8) is 0 Å². The average molecular weight is 255 g/mol. The van der Waals surface area contributed by atoms with Crippen LogP contribution >= 0.6 is 0 Å². The maximum absolute atomic E-state index is 5.15. The number of aromatic nitrogens is 2. The minimum atomic E-state index is 0.495. The molecule has 0 aliphatic heterocycles. The fourth-order valence-electron chi connectivity index (χ4n) is 2.03. The van der Waals surface area contributed by atoms with Crippen LogP contribution < -0.4 is 5.32 Å². The van der Waals surface area contributed by atoms with E-state index in [-0.39, 0.29) is 0 Å². The Morgan fingerprint density at radius 1 is 1.26 bits per heavy atom. The molecule has 0 aliphatic rings. The van der Waals surface area contributed by atoms with Gasteiger partial charge in [0.05, 0.1) is 13.1 Å². The smallest absolute Gasteiger partial charge is 0.240 e. The highest BCUT2D eigenvalue weighted by molar-refractivity contribution is 5.30. The van der Waals surface area contributed by atoms with E-state index in [0.29, 0.717) is 31.2 Å². The van der Waals surface area contributed by atoms with Crippen molar-refractivity contribution in [1.29, 1.82) is 0 Å². The van der Waals surface area contributed by atoms with Gasteiger partial charge in [0.15, 0.2) is 5.82 Å². The summed E-state index contributed by atoms with van der Waals surface area (Å²) in [5.74, 6) is 3.76. The largest absolute Gasteiger partial charge is 0.338 e. The third-order valence-corrected chi connectivity index (χ3v) is 2.66. The highest BCUT2D eigenvalue weighted by atomic mass is 16.5. The number of benzene rings is 1. The molecule has 0 unspecified atom stereocenters. The monoisotopic (exact) mass is 255 g/mol. The minimum absolute atomic E-state index is 0.495. The molecular formula is C15H17N3O. The SMILES string of the molecule is C#CCNCc1nc(Cc2cc(C)cc(C)c2)no1. The number of nitrogens with zero attached hydrogens (tertiary/aromatic N) is 2. The Kier molecular flexibility index (Phi) is 4.32. The van der Waals surface area contributed by atoms with Gasteiger partial charge in [-0.15, -0.1) is 6.42 Å². The van der Waals surface area contributed by atoms with Crippen molar-refractivity contribution in [3.8, 4) is 12.3 Å². The van der Waals surface area contributed by atoms with Crippen molar-refractivity contribution >= 4 is 0 Å². The van der Waals surface area contributed by atoms with E-state index in [1.165, 1.54) is 16.7 Å². The first kappa shape index (κ1) is 13.3. The zero-order valence-corrected chi connectivity index (χ0v) is 11.2. The van der Waals surface area contributed by atoms with Crippen LogP contribution in [-0.4, -0.2) is 16.7 Å². The summed E-state index contributed by atoms with van der Waals surface area (Å²) >= 11 is 0. The van der Waals surface area contributed by atoms with Crippen molar-refractivity contribution in [3.05, 3.63) is 46.6 Å². The Morgan fingerprint density at radius 3 is 2.68 bits per heavy atom. The predicted octanol–water partition coefficient (Wildman–Crippen LogP) is 2.00. The molecule has 0 fully saturated rings. The summed E-state index contributed by atoms with van der Waals surface area (Å²) in [6, 6.07) is 6.42. The highest BCUT2D eigenvalue weighted by Crippen LogP contribution is 2.12. The molecule has 2 rings (SSSR count). The van der Waals surface area contributed by atoms with E-state index in [1.807, 2.05) is 0 Å². The van der Waals surface area contributed by atoms with Gasteiger partial charge in [0, 0.05) is 6.42 Å². The average Bonchev–Trinajstić information content (AvgIpc) is 2.76. The van der Waals surface area contributed by atoms with E-state index in [2.05, 4.69) is 53.4 Å². The fraction of sp³-hybridized carbons (Fsp3) is 0.333. The Labute approximate surface area is 113 Å². The van der Waals surface area contributed by atoms with E-state index in [4.69, 9.17) is 10.9 Å². The number of rotatable bonds is 5. The van der Waals surface area contributed by atoms with Gasteiger partial charge < -0.3 is 4.52 Å². The Balaban J connectivity index is 2.01. The van der Waals surface area contributed by atoms with E-state index < -0.39 is 0 Å². The number of hydrogen-bond donors (Lipinski definition) is 1. The van der Waals surface area contributed by atoms with Gasteiger partial charge in [-0.2, -0.15) is 4.98 Å². The van der Waals surface area contributed by atoms with Crippen LogP contribution in [0.4, 0.5) is 0 Å². The minimum Gasteiger partial charge on any atom is -0.338 e. The van der Waals surface area contributed by atoms with Crippen LogP contribution in [0.25, 0.3) is 0 Å². The lowest BCUT2D eigenvalue weighted by Crippen LogP contribution is -2.13. The molecule has 0 aliphatic carbocycles. The number of aryl methyl sites for hydroxylation is 2. The van der Waals surface area contributed by atoms with Crippen molar-refractivity contribution in [1.82, 2.24) is 15.5 Å². The van der Waals surface area contributed by atoms with E-state index >= 15 is 0 Å². The van der Waals surface area contributed by atoms with Crippen LogP contribution in [0.5, 0.6) is 0 Å². The molecule has 98 valence electrons. The maximum atomic E-state index is 5.15. The number of terminal acetylenes is 1. The molecule has 0 atom stereocenters. The Morgan fingerprint density at radius 2 is 2.00 bits per heavy atom. The van der Waals surface area contributed by atoms with E-state index in [9.17, 15) is 0 Å². The molecule has 1 aromatic heterocycles. The molecule has 0 radical (unpaired) electrons. The van der Waals surface area contributed by atoms with E-state index in [0.717, 1.165) is 0 Å². The summed E-state index contributed by atoms with van der Waals surface area (Å²) in [5.41, 5.74) is 3.69. The fourth-order valence-corrected chi connectivity index (χ4v) is 2.03. The number of nitrogens with one attached hydrogen (secondary N) is 1. The molecule has 0 bridgehead atoms. The summed E-state index contributed by atoms with van der Waals surface area (Å²) in [5, 5.41) is 6.99. The maximum Gasteiger partial charge on any atom is 0.240 e. The summed E-state index contributed by atoms with van der Waals surface area (Å²) in [6.07, 6.45) is 5.83. The molecule has 1 N–H and O–H groups in total. The molecule has 0 saturated heterocycles. The van der Waals surface area contributed by atoms with Crippen LogP contribution in [0.15, 0.2) is 22.7 Å². The van der Waals surface area contributed by atoms with Crippen molar-refractivity contribution in [2.45, 2.75) is 26.8 Å². The molecule has 0 spiro atoms. The van der Waals surface area contributed by atoms with Crippen LogP contribution in [-0.2, 0) is 13.0 Å². The van der Waals surface area contributed by atoms with Crippen molar-refractivity contribution < 1.29 is 4.52 Å². The quantitative estimate of drug-likeness (QED) is 0.656. The van der Waals surface area contributed by atoms with Gasteiger partial charge >= 0.3 is 0 Å². The Hall–Kier alpha value is -2.12. The van der Waals surface area contributed by atoms with Crippen LogP contribution in [0.3, 0.4) is 0 Å². The van der Waals surface area contributed by atoms with Crippen molar-refractivity contribution in [2.75, 3.05) is 6.54 Å². The third kappa shape index (κ3) is 3.94. The zero-order chi connectivity index (χ0) is 13.7. The number of hydrogen-bond acceptors (Lipinski definition) is 4. The Bertz CT molecular complexity index is 575. The van der Waals surface area contributed by atoms with Gasteiger partial charge in [0.25, 0.3) is 0 Å². The first-order valence-electron chi connectivity index (χ1n) is 6.20. The molecule has 1 heterocycles. The topological polar surface area (TPSA) is 51.0 Å². The molecule has 1 aromatic carbocycles. The van der Waals surface area contributed by atoms with Gasteiger partial charge in [-0.3, -0.25) is 5.32 Å². The van der Waals surface area contributed by atoms with Crippen LogP contribution in [0.1, 0.15) is 28.4 Å². The van der Waals surface area contributed by atoms with Crippen molar-refractivity contribution in [2.24, 2.45) is 0 Å². The van der Waals surface area contributed by atoms with E-state index in [1.54, 1.807) is 0 Å². The summed E-state index contributed by atoms with van der Waals surface area (Å²) in [4.78, 5) is 4.33. The third-order valence-electron chi connectivity index (χ3n) is 2.66. The lowest BCUT2D eigenvalue weighted by Gasteiger charge is -2.01. The second-order valence-electron chi connectivity index (χ2n) is 4.58. The molecule has 2 aromatic rings. The normalized spacial score (nSPS) is 10.4. The molecule has 4 nitrogen and oxygen atoms in total. The lowest BCUT2D eigenvalue weighted by atomic mass is 10.1. The van der Waals surface area contributed by atoms with Gasteiger partial charge in [-0.05, 0) is 19.4 Å². The highest BCUT2D eigenvalue weighted by Gasteiger charge is 2.07. The summed E-state index contributed by atoms with van der Waals surface area (Å²) in [6.45, 7) is 5.17. The first-order chi connectivity index (χ1) is 9.17. The molecule has 0 amide bonds. The molecular weight excluding hydrogens is 238 g/mol. The van der Waals surface area contributed by atoms with Gasteiger partial charge in [-0.1, -0.05) is 40.4 Å². The molecule has 4 heteroatoms. The second kappa shape index (κ2) is 6.17. The second-order valence-corrected chi connectivity index (χ2v) is 4.58. The molecule has 19 heavy (non-hydrogen) atoms. The van der Waals surface area contributed by atoms with Gasteiger partial charge in [0.1, 0.15) is 0 Å². The van der Waals surface area contributed by atoms with Gasteiger partial charge in [0.2, 0.25) is 5.89 Å². The predicted molar refractivity (Wildman–Crippen MR) is 73.6 cm³/mol. The standard InChI is InChI=1S/C15H17N3O/c1-4-5-16-10-15-17-14(18-19-15)9-13-7-11(2)6-12(3)8-13/h1,6-8,16H,5,9-10H2,2-3H3. The van der Waals surface area contributed by atoms with Gasteiger partial charge in [-0.25, -0.2) is 0 Å². The molecule has 0 saturated carbocycles. The van der Waals surface area contributed by atoms with Crippen LogP contribution in [0, 0.1) is 26.2 Å².